The topological polar surface area (TPSA) is 75.6 Å². The van der Waals surface area contributed by atoms with Crippen molar-refractivity contribution in [2.75, 3.05) is 11.5 Å². The fourth-order valence-corrected chi connectivity index (χ4v) is 3.37. The van der Waals surface area contributed by atoms with Gasteiger partial charge in [-0.2, -0.15) is 5.26 Å². The summed E-state index contributed by atoms with van der Waals surface area (Å²) in [6.45, 7) is 4.34. The number of nitriles is 1. The largest absolute Gasteiger partial charge is 0.382 e. The Labute approximate surface area is 125 Å². The summed E-state index contributed by atoms with van der Waals surface area (Å²) in [6, 6.07) is 2.19. The second kappa shape index (κ2) is 6.94. The molecule has 0 unspecified atom stereocenters. The molecule has 1 heterocycles. The predicted octanol–water partition coefficient (Wildman–Crippen LogP) is 3.73. The third-order valence-electron chi connectivity index (χ3n) is 3.59. The van der Waals surface area contributed by atoms with Gasteiger partial charge in [-0.05, 0) is 18.8 Å². The average molecular weight is 290 g/mol. The number of aromatic nitrogens is 2. The molecule has 0 aliphatic heterocycles. The van der Waals surface area contributed by atoms with E-state index in [4.69, 9.17) is 5.73 Å². The van der Waals surface area contributed by atoms with E-state index in [2.05, 4.69) is 29.9 Å². The smallest absolute Gasteiger partial charge is 0.189 e. The third-order valence-corrected chi connectivity index (χ3v) is 4.87. The third kappa shape index (κ3) is 3.63. The maximum absolute atomic E-state index is 9.32. The van der Waals surface area contributed by atoms with Gasteiger partial charge in [0.15, 0.2) is 5.16 Å². The zero-order chi connectivity index (χ0) is 14.5. The number of thioether (sulfide) groups is 1. The summed E-state index contributed by atoms with van der Waals surface area (Å²) in [4.78, 5) is 8.93. The van der Waals surface area contributed by atoms with Crippen LogP contribution in [0.5, 0.6) is 0 Å². The average Bonchev–Trinajstić information content (AvgIpc) is 2.45. The van der Waals surface area contributed by atoms with E-state index in [9.17, 15) is 5.26 Å². The molecule has 1 aliphatic rings. The summed E-state index contributed by atoms with van der Waals surface area (Å²) in [7, 11) is 0. The summed E-state index contributed by atoms with van der Waals surface area (Å²) in [5.41, 5.74) is 7.33. The van der Waals surface area contributed by atoms with Crippen LogP contribution in [0.2, 0.25) is 0 Å². The Kier molecular flexibility index (Phi) is 5.24. The van der Waals surface area contributed by atoms with E-state index in [1.165, 1.54) is 19.3 Å². The van der Waals surface area contributed by atoms with Gasteiger partial charge in [-0.25, -0.2) is 9.97 Å². The number of nitrogens with two attached hydrogens (primary N) is 1. The van der Waals surface area contributed by atoms with Crippen LogP contribution in [0.15, 0.2) is 5.16 Å². The Bertz CT molecular complexity index is 501. The van der Waals surface area contributed by atoms with Crippen LogP contribution >= 0.6 is 11.8 Å². The van der Waals surface area contributed by atoms with E-state index in [0.717, 1.165) is 29.4 Å². The standard InChI is InChI=1S/C15H22N4S/c1-10(2)9-20-15-18-13(11-6-4-3-5-7-11)12(8-16)14(17)19-15/h10-11H,3-7,9H2,1-2H3,(H2,17,18,19). The quantitative estimate of drug-likeness (QED) is 0.675. The Morgan fingerprint density at radius 2 is 2.00 bits per heavy atom. The number of hydrogen-bond donors (Lipinski definition) is 1. The van der Waals surface area contributed by atoms with Crippen LogP contribution in [0.4, 0.5) is 5.82 Å². The van der Waals surface area contributed by atoms with Gasteiger partial charge in [0.25, 0.3) is 0 Å². The number of hydrogen-bond acceptors (Lipinski definition) is 5. The van der Waals surface area contributed by atoms with Gasteiger partial charge >= 0.3 is 0 Å². The first-order valence-electron chi connectivity index (χ1n) is 7.32. The maximum Gasteiger partial charge on any atom is 0.189 e. The van der Waals surface area contributed by atoms with Crippen molar-refractivity contribution in [3.8, 4) is 6.07 Å². The second-order valence-corrected chi connectivity index (χ2v) is 6.79. The molecule has 0 saturated heterocycles. The van der Waals surface area contributed by atoms with Crippen molar-refractivity contribution in [3.63, 3.8) is 0 Å². The first kappa shape index (κ1) is 15.1. The van der Waals surface area contributed by atoms with Crippen LogP contribution in [0.25, 0.3) is 0 Å². The molecule has 1 fully saturated rings. The lowest BCUT2D eigenvalue weighted by Crippen LogP contribution is -2.12. The molecule has 1 aromatic heterocycles. The summed E-state index contributed by atoms with van der Waals surface area (Å²) in [5.74, 6) is 2.27. The second-order valence-electron chi connectivity index (χ2n) is 5.80. The molecule has 2 rings (SSSR count). The summed E-state index contributed by atoms with van der Waals surface area (Å²) >= 11 is 1.63. The van der Waals surface area contributed by atoms with Gasteiger partial charge < -0.3 is 5.73 Å². The molecule has 0 aromatic carbocycles. The molecule has 1 aliphatic carbocycles. The lowest BCUT2D eigenvalue weighted by Gasteiger charge is -2.22. The van der Waals surface area contributed by atoms with Crippen molar-refractivity contribution in [3.05, 3.63) is 11.3 Å². The number of anilines is 1. The maximum atomic E-state index is 9.32. The van der Waals surface area contributed by atoms with Gasteiger partial charge in [0, 0.05) is 11.7 Å². The number of rotatable bonds is 4. The van der Waals surface area contributed by atoms with Crippen LogP contribution < -0.4 is 5.73 Å². The highest BCUT2D eigenvalue weighted by Gasteiger charge is 2.23. The first-order chi connectivity index (χ1) is 9.61. The molecular formula is C15H22N4S. The van der Waals surface area contributed by atoms with Gasteiger partial charge in [-0.1, -0.05) is 44.9 Å². The fraction of sp³-hybridized carbons (Fsp3) is 0.667. The number of nitrogen functional groups attached to an aromatic ring is 1. The number of nitrogens with zero attached hydrogens (tertiary/aromatic N) is 3. The minimum absolute atomic E-state index is 0.342. The zero-order valence-electron chi connectivity index (χ0n) is 12.2. The zero-order valence-corrected chi connectivity index (χ0v) is 13.0. The lowest BCUT2D eigenvalue weighted by atomic mass is 9.85. The molecule has 5 heteroatoms. The summed E-state index contributed by atoms with van der Waals surface area (Å²) < 4.78 is 0. The molecular weight excluding hydrogens is 268 g/mol. The summed E-state index contributed by atoms with van der Waals surface area (Å²) in [6.07, 6.45) is 5.94. The molecule has 108 valence electrons. The summed E-state index contributed by atoms with van der Waals surface area (Å²) in [5, 5.41) is 10.0. The van der Waals surface area contributed by atoms with Crippen LogP contribution in [0.3, 0.4) is 0 Å². The monoisotopic (exact) mass is 290 g/mol. The molecule has 0 radical (unpaired) electrons. The van der Waals surface area contributed by atoms with E-state index in [1.54, 1.807) is 11.8 Å². The van der Waals surface area contributed by atoms with E-state index in [-0.39, 0.29) is 0 Å². The molecule has 4 nitrogen and oxygen atoms in total. The predicted molar refractivity (Wildman–Crippen MR) is 82.5 cm³/mol. The van der Waals surface area contributed by atoms with Crippen molar-refractivity contribution in [2.24, 2.45) is 5.92 Å². The van der Waals surface area contributed by atoms with Gasteiger partial charge in [0.05, 0.1) is 5.69 Å². The van der Waals surface area contributed by atoms with Gasteiger partial charge in [-0.15, -0.1) is 0 Å². The molecule has 0 spiro atoms. The molecule has 1 aromatic rings. The minimum atomic E-state index is 0.342. The van der Waals surface area contributed by atoms with E-state index >= 15 is 0 Å². The van der Waals surface area contributed by atoms with Crippen molar-refractivity contribution in [1.82, 2.24) is 9.97 Å². The highest BCUT2D eigenvalue weighted by molar-refractivity contribution is 7.99. The SMILES string of the molecule is CC(C)CSc1nc(N)c(C#N)c(C2CCCCC2)n1. The van der Waals surface area contributed by atoms with Gasteiger partial charge in [-0.3, -0.25) is 0 Å². The molecule has 20 heavy (non-hydrogen) atoms. The fourth-order valence-electron chi connectivity index (χ4n) is 2.57. The van der Waals surface area contributed by atoms with Crippen molar-refractivity contribution in [2.45, 2.75) is 57.0 Å². The first-order valence-corrected chi connectivity index (χ1v) is 8.30. The van der Waals surface area contributed by atoms with Crippen molar-refractivity contribution in [1.29, 1.82) is 5.26 Å². The molecule has 0 amide bonds. The van der Waals surface area contributed by atoms with Crippen LogP contribution in [0, 0.1) is 17.2 Å². The molecule has 1 saturated carbocycles. The Morgan fingerprint density at radius 1 is 1.30 bits per heavy atom. The lowest BCUT2D eigenvalue weighted by molar-refractivity contribution is 0.433. The Morgan fingerprint density at radius 3 is 2.60 bits per heavy atom. The Hall–Kier alpha value is -1.28. The van der Waals surface area contributed by atoms with E-state index in [0.29, 0.717) is 23.2 Å². The van der Waals surface area contributed by atoms with Crippen LogP contribution in [-0.2, 0) is 0 Å². The van der Waals surface area contributed by atoms with Gasteiger partial charge in [0.1, 0.15) is 17.5 Å². The highest BCUT2D eigenvalue weighted by Crippen LogP contribution is 2.35. The Balaban J connectivity index is 2.29. The normalized spacial score (nSPS) is 16.3. The van der Waals surface area contributed by atoms with E-state index in [1.807, 2.05) is 0 Å². The van der Waals surface area contributed by atoms with E-state index < -0.39 is 0 Å². The van der Waals surface area contributed by atoms with Crippen molar-refractivity contribution >= 4 is 17.6 Å². The molecule has 0 atom stereocenters. The molecule has 0 bridgehead atoms. The molecule has 2 N–H and O–H groups in total. The van der Waals surface area contributed by atoms with Crippen molar-refractivity contribution < 1.29 is 0 Å². The van der Waals surface area contributed by atoms with Gasteiger partial charge in [0.2, 0.25) is 0 Å². The van der Waals surface area contributed by atoms with Crippen LogP contribution in [-0.4, -0.2) is 15.7 Å². The van der Waals surface area contributed by atoms with Crippen LogP contribution in [0.1, 0.15) is 63.1 Å². The minimum Gasteiger partial charge on any atom is -0.382 e. The highest BCUT2D eigenvalue weighted by atomic mass is 32.2.